The van der Waals surface area contributed by atoms with Gasteiger partial charge >= 0.3 is 5.97 Å². The van der Waals surface area contributed by atoms with E-state index in [1.165, 1.54) is 6.26 Å². The summed E-state index contributed by atoms with van der Waals surface area (Å²) in [4.78, 5) is 21.8. The van der Waals surface area contributed by atoms with E-state index in [1.54, 1.807) is 12.3 Å². The van der Waals surface area contributed by atoms with E-state index in [1.807, 2.05) is 30.3 Å². The van der Waals surface area contributed by atoms with Crippen LogP contribution in [0.3, 0.4) is 0 Å². The monoisotopic (exact) mass is 472 g/mol. The van der Waals surface area contributed by atoms with E-state index < -0.39 is 5.97 Å². The Morgan fingerprint density at radius 3 is 2.57 bits per heavy atom. The predicted molar refractivity (Wildman–Crippen MR) is 123 cm³/mol. The molecule has 176 valence electrons. The highest BCUT2D eigenvalue weighted by Gasteiger charge is 2.19. The number of rotatable bonds is 7. The van der Waals surface area contributed by atoms with Crippen molar-refractivity contribution in [3.63, 3.8) is 0 Å². The van der Waals surface area contributed by atoms with E-state index in [0.717, 1.165) is 30.6 Å². The van der Waals surface area contributed by atoms with E-state index >= 15 is 0 Å². The summed E-state index contributed by atoms with van der Waals surface area (Å²) in [5.74, 6) is -1.08. The van der Waals surface area contributed by atoms with E-state index in [4.69, 9.17) is 23.4 Å². The van der Waals surface area contributed by atoms with Gasteiger partial charge in [-0.1, -0.05) is 12.1 Å². The van der Waals surface area contributed by atoms with Gasteiger partial charge < -0.3 is 28.3 Å². The van der Waals surface area contributed by atoms with E-state index in [-0.39, 0.29) is 29.6 Å². The molecule has 1 aromatic carbocycles. The summed E-state index contributed by atoms with van der Waals surface area (Å²) in [5, 5.41) is 18.9. The van der Waals surface area contributed by atoms with Gasteiger partial charge in [-0.05, 0) is 24.3 Å². The zero-order valence-corrected chi connectivity index (χ0v) is 18.5. The second kappa shape index (κ2) is 9.70. The van der Waals surface area contributed by atoms with Crippen LogP contribution in [0.1, 0.15) is 21.9 Å². The Morgan fingerprint density at radius 2 is 1.91 bits per heavy atom. The molecule has 35 heavy (non-hydrogen) atoms. The Balaban J connectivity index is 1.49. The molecule has 1 fully saturated rings. The van der Waals surface area contributed by atoms with Gasteiger partial charge in [-0.15, -0.1) is 0 Å². The Bertz CT molecular complexity index is 1370. The number of hydrogen-bond acceptors (Lipinski definition) is 9. The minimum absolute atomic E-state index is 0.0539. The maximum absolute atomic E-state index is 11.1. The number of hydrogen-bond donors (Lipinski definition) is 1. The van der Waals surface area contributed by atoms with Crippen LogP contribution < -0.4 is 9.64 Å². The van der Waals surface area contributed by atoms with Crippen molar-refractivity contribution in [3.05, 3.63) is 72.3 Å². The lowest BCUT2D eigenvalue weighted by molar-refractivity contribution is 0.0690. The van der Waals surface area contributed by atoms with Crippen LogP contribution in [-0.4, -0.2) is 47.3 Å². The average molecular weight is 472 g/mol. The fourth-order valence-corrected chi connectivity index (χ4v) is 3.80. The standard InChI is InChI=1S/C25H20N4O6/c26-12-20-19(17-5-8-33-13-17)11-21(16-1-3-18(4-2-16)29-6-9-32-10-7-29)28-24(20)35-15-23-27-22(14-34-23)25(30)31/h1-5,8,11,13-14H,6-7,9-10,15H2,(H,30,31). The number of benzene rings is 1. The lowest BCUT2D eigenvalue weighted by Crippen LogP contribution is -2.36. The first kappa shape index (κ1) is 22.2. The van der Waals surface area contributed by atoms with Gasteiger partial charge in [0.25, 0.3) is 0 Å². The Morgan fingerprint density at radius 1 is 1.11 bits per heavy atom. The number of carboxylic acids is 1. The zero-order chi connectivity index (χ0) is 24.2. The normalized spacial score (nSPS) is 13.4. The SMILES string of the molecule is N#Cc1c(-c2ccoc2)cc(-c2ccc(N3CCOCC3)cc2)nc1OCc1nc(C(=O)O)co1. The third kappa shape index (κ3) is 4.71. The molecule has 0 saturated carbocycles. The summed E-state index contributed by atoms with van der Waals surface area (Å²) in [6.07, 6.45) is 4.09. The second-order valence-corrected chi connectivity index (χ2v) is 7.73. The summed E-state index contributed by atoms with van der Waals surface area (Å²) in [5.41, 5.74) is 3.81. The zero-order valence-electron chi connectivity index (χ0n) is 18.5. The first-order chi connectivity index (χ1) is 17.1. The third-order valence-corrected chi connectivity index (χ3v) is 5.57. The number of furan rings is 1. The lowest BCUT2D eigenvalue weighted by Gasteiger charge is -2.28. The number of carbonyl (C=O) groups is 1. The minimum Gasteiger partial charge on any atom is -0.476 e. The third-order valence-electron chi connectivity index (χ3n) is 5.57. The average Bonchev–Trinajstić information content (AvgIpc) is 3.60. The molecule has 0 atom stereocenters. The van der Waals surface area contributed by atoms with Crippen molar-refractivity contribution in [1.29, 1.82) is 5.26 Å². The highest BCUT2D eigenvalue weighted by Crippen LogP contribution is 2.34. The van der Waals surface area contributed by atoms with Crippen molar-refractivity contribution >= 4 is 11.7 Å². The first-order valence-electron chi connectivity index (χ1n) is 10.8. The molecule has 4 heterocycles. The Kier molecular flexibility index (Phi) is 6.15. The van der Waals surface area contributed by atoms with Gasteiger partial charge in [-0.2, -0.15) is 5.26 Å². The fraction of sp³-hybridized carbons (Fsp3) is 0.200. The first-order valence-corrected chi connectivity index (χ1v) is 10.8. The molecule has 1 saturated heterocycles. The quantitative estimate of drug-likeness (QED) is 0.421. The van der Waals surface area contributed by atoms with Crippen LogP contribution in [0.15, 0.2) is 64.0 Å². The van der Waals surface area contributed by atoms with Gasteiger partial charge in [0, 0.05) is 35.5 Å². The molecule has 3 aromatic heterocycles. The van der Waals surface area contributed by atoms with Crippen LogP contribution in [0, 0.1) is 11.3 Å². The van der Waals surface area contributed by atoms with Crippen molar-refractivity contribution in [3.8, 4) is 34.3 Å². The van der Waals surface area contributed by atoms with E-state index in [0.29, 0.717) is 30.0 Å². The molecule has 0 unspecified atom stereocenters. The largest absolute Gasteiger partial charge is 0.476 e. The number of pyridine rings is 1. The fourth-order valence-electron chi connectivity index (χ4n) is 3.80. The molecule has 10 nitrogen and oxygen atoms in total. The minimum atomic E-state index is -1.21. The van der Waals surface area contributed by atoms with Gasteiger partial charge in [-0.3, -0.25) is 0 Å². The van der Waals surface area contributed by atoms with Crippen LogP contribution in [0.25, 0.3) is 22.4 Å². The molecule has 1 aliphatic rings. The van der Waals surface area contributed by atoms with Crippen LogP contribution >= 0.6 is 0 Å². The van der Waals surface area contributed by atoms with Crippen LogP contribution in [0.5, 0.6) is 5.88 Å². The Hall–Kier alpha value is -4.62. The highest BCUT2D eigenvalue weighted by molar-refractivity contribution is 5.84. The number of anilines is 1. The Labute approximate surface area is 200 Å². The molecule has 1 N–H and O–H groups in total. The van der Waals surface area contributed by atoms with Crippen molar-refractivity contribution in [2.75, 3.05) is 31.2 Å². The second-order valence-electron chi connectivity index (χ2n) is 7.73. The number of ether oxygens (including phenoxy) is 2. The molecule has 5 rings (SSSR count). The molecule has 1 aliphatic heterocycles. The van der Waals surface area contributed by atoms with Gasteiger partial charge in [0.2, 0.25) is 11.8 Å². The summed E-state index contributed by atoms with van der Waals surface area (Å²) >= 11 is 0. The predicted octanol–water partition coefficient (Wildman–Crippen LogP) is 3.98. The smallest absolute Gasteiger partial charge is 0.357 e. The van der Waals surface area contributed by atoms with Crippen molar-refractivity contribution in [1.82, 2.24) is 9.97 Å². The van der Waals surface area contributed by atoms with Crippen LogP contribution in [0.4, 0.5) is 5.69 Å². The summed E-state index contributed by atoms with van der Waals surface area (Å²) in [6.45, 7) is 2.88. The van der Waals surface area contributed by atoms with Gasteiger partial charge in [-0.25, -0.2) is 14.8 Å². The van der Waals surface area contributed by atoms with E-state index in [2.05, 4.69) is 20.9 Å². The summed E-state index contributed by atoms with van der Waals surface area (Å²) in [6, 6.07) is 13.7. The van der Waals surface area contributed by atoms with Gasteiger partial charge in [0.15, 0.2) is 12.3 Å². The number of nitrogens with zero attached hydrogens (tertiary/aromatic N) is 4. The van der Waals surface area contributed by atoms with Crippen LogP contribution in [-0.2, 0) is 11.3 Å². The van der Waals surface area contributed by atoms with Gasteiger partial charge in [0.05, 0.1) is 31.4 Å². The topological polar surface area (TPSA) is 135 Å². The number of oxazole rings is 1. The van der Waals surface area contributed by atoms with E-state index in [9.17, 15) is 10.1 Å². The molecule has 0 amide bonds. The number of aromatic carboxylic acids is 1. The summed E-state index contributed by atoms with van der Waals surface area (Å²) < 4.78 is 21.6. The molecule has 0 aliphatic carbocycles. The molecular formula is C25H20N4O6. The van der Waals surface area contributed by atoms with Crippen LogP contribution in [0.2, 0.25) is 0 Å². The maximum atomic E-state index is 11.1. The van der Waals surface area contributed by atoms with Crippen molar-refractivity contribution < 1.29 is 28.2 Å². The number of morpholine rings is 1. The molecule has 0 radical (unpaired) electrons. The van der Waals surface area contributed by atoms with Gasteiger partial charge in [0.1, 0.15) is 17.9 Å². The molecular weight excluding hydrogens is 452 g/mol. The molecule has 4 aromatic rings. The number of nitriles is 1. The van der Waals surface area contributed by atoms with Crippen molar-refractivity contribution in [2.45, 2.75) is 6.61 Å². The maximum Gasteiger partial charge on any atom is 0.357 e. The number of carboxylic acid groups (broad SMARTS) is 1. The highest BCUT2D eigenvalue weighted by atomic mass is 16.5. The lowest BCUT2D eigenvalue weighted by atomic mass is 10.0. The molecule has 0 spiro atoms. The molecule has 0 bridgehead atoms. The summed E-state index contributed by atoms with van der Waals surface area (Å²) in [7, 11) is 0. The molecule has 10 heteroatoms. The number of aromatic nitrogens is 2. The van der Waals surface area contributed by atoms with Crippen molar-refractivity contribution in [2.24, 2.45) is 0 Å².